The van der Waals surface area contributed by atoms with E-state index < -0.39 is 5.82 Å². The molecule has 2 aromatic rings. The van der Waals surface area contributed by atoms with Gasteiger partial charge in [0.1, 0.15) is 11.5 Å². The summed E-state index contributed by atoms with van der Waals surface area (Å²) in [6, 6.07) is 7.43. The lowest BCUT2D eigenvalue weighted by Crippen LogP contribution is -1.95. The Hall–Kier alpha value is -1.16. The van der Waals surface area contributed by atoms with Crippen LogP contribution in [0.25, 0.3) is 11.3 Å². The number of aliphatic hydroxyl groups is 1. The van der Waals surface area contributed by atoms with Crippen LogP contribution in [0.3, 0.4) is 0 Å². The minimum absolute atomic E-state index is 0.148. The van der Waals surface area contributed by atoms with Gasteiger partial charge in [-0.2, -0.15) is 0 Å². The maximum absolute atomic E-state index is 13.6. The molecule has 1 N–H and O–H groups in total. The lowest BCUT2D eigenvalue weighted by atomic mass is 10.1. The van der Waals surface area contributed by atoms with Gasteiger partial charge >= 0.3 is 0 Å². The molecule has 0 aliphatic heterocycles. The Bertz CT molecular complexity index is 560. The van der Waals surface area contributed by atoms with Crippen LogP contribution in [0.4, 0.5) is 4.39 Å². The summed E-state index contributed by atoms with van der Waals surface area (Å²) in [6.07, 6.45) is 0. The second-order valence-corrected chi connectivity index (χ2v) is 4.23. The zero-order chi connectivity index (χ0) is 12.4. The number of nitrogens with zero attached hydrogens (tertiary/aromatic N) is 1. The number of halogens is 3. The van der Waals surface area contributed by atoms with Crippen molar-refractivity contribution in [2.45, 2.75) is 6.61 Å². The van der Waals surface area contributed by atoms with E-state index in [9.17, 15) is 4.39 Å². The minimum atomic E-state index is -0.472. The molecule has 0 radical (unpaired) electrons. The summed E-state index contributed by atoms with van der Waals surface area (Å²) in [5.41, 5.74) is 1.06. The number of pyridine rings is 1. The number of rotatable bonds is 2. The van der Waals surface area contributed by atoms with Gasteiger partial charge in [0.15, 0.2) is 0 Å². The molecular formula is C12H8Cl2FNO. The van der Waals surface area contributed by atoms with E-state index in [0.717, 1.165) is 0 Å². The third-order valence-corrected chi connectivity index (χ3v) is 3.00. The summed E-state index contributed by atoms with van der Waals surface area (Å²) in [6.45, 7) is -0.241. The average molecular weight is 272 g/mol. The highest BCUT2D eigenvalue weighted by Gasteiger charge is 2.09. The van der Waals surface area contributed by atoms with Crippen LogP contribution >= 0.6 is 23.2 Å². The lowest BCUT2D eigenvalue weighted by molar-refractivity contribution is 0.276. The van der Waals surface area contributed by atoms with Gasteiger partial charge in [0.25, 0.3) is 0 Å². The monoisotopic (exact) mass is 271 g/mol. The SMILES string of the molecule is OCc1ccc(F)c(-c2ccc(Cl)c(Cl)c2)n1. The highest BCUT2D eigenvalue weighted by atomic mass is 35.5. The van der Waals surface area contributed by atoms with E-state index >= 15 is 0 Å². The molecule has 2 nitrogen and oxygen atoms in total. The van der Waals surface area contributed by atoms with Gasteiger partial charge in [0.05, 0.1) is 22.3 Å². The van der Waals surface area contributed by atoms with Crippen LogP contribution in [0, 0.1) is 5.82 Å². The van der Waals surface area contributed by atoms with E-state index in [1.54, 1.807) is 12.1 Å². The van der Waals surface area contributed by atoms with Gasteiger partial charge in [-0.25, -0.2) is 9.37 Å². The van der Waals surface area contributed by atoms with Crippen molar-refractivity contribution in [1.82, 2.24) is 4.98 Å². The normalized spacial score (nSPS) is 10.6. The van der Waals surface area contributed by atoms with Gasteiger partial charge in [0.2, 0.25) is 0 Å². The van der Waals surface area contributed by atoms with Gasteiger partial charge in [-0.05, 0) is 24.3 Å². The van der Waals surface area contributed by atoms with E-state index in [-0.39, 0.29) is 12.3 Å². The van der Waals surface area contributed by atoms with Crippen LogP contribution in [0.5, 0.6) is 0 Å². The Kier molecular flexibility index (Phi) is 3.62. The first-order valence-corrected chi connectivity index (χ1v) is 5.59. The average Bonchev–Trinajstić information content (AvgIpc) is 2.33. The molecule has 1 heterocycles. The van der Waals surface area contributed by atoms with Gasteiger partial charge in [0, 0.05) is 5.56 Å². The number of aromatic nitrogens is 1. The van der Waals surface area contributed by atoms with Gasteiger partial charge in [-0.3, -0.25) is 0 Å². The first kappa shape index (κ1) is 12.3. The summed E-state index contributed by atoms with van der Waals surface area (Å²) in [4.78, 5) is 4.01. The van der Waals surface area contributed by atoms with E-state index in [1.807, 2.05) is 0 Å². The summed E-state index contributed by atoms with van der Waals surface area (Å²) in [5, 5.41) is 9.70. The third-order valence-electron chi connectivity index (χ3n) is 2.26. The molecule has 0 saturated carbocycles. The standard InChI is InChI=1S/C12H8Cl2FNO/c13-9-3-1-7(5-10(9)14)12-11(15)4-2-8(6-17)16-12/h1-5,17H,6H2. The van der Waals surface area contributed by atoms with Crippen molar-refractivity contribution in [2.75, 3.05) is 0 Å². The van der Waals surface area contributed by atoms with Crippen molar-refractivity contribution in [3.8, 4) is 11.3 Å². The fourth-order valence-electron chi connectivity index (χ4n) is 1.42. The first-order chi connectivity index (χ1) is 8.11. The molecule has 0 aliphatic rings. The first-order valence-electron chi connectivity index (χ1n) is 4.83. The molecule has 5 heteroatoms. The molecule has 0 saturated heterocycles. The molecule has 1 aromatic heterocycles. The highest BCUT2D eigenvalue weighted by molar-refractivity contribution is 6.42. The lowest BCUT2D eigenvalue weighted by Gasteiger charge is -2.06. The van der Waals surface area contributed by atoms with Crippen molar-refractivity contribution in [1.29, 1.82) is 0 Å². The summed E-state index contributed by atoms with van der Waals surface area (Å²) >= 11 is 11.6. The van der Waals surface area contributed by atoms with Gasteiger partial charge in [-0.15, -0.1) is 0 Å². The second kappa shape index (κ2) is 5.00. The molecule has 0 aliphatic carbocycles. The Balaban J connectivity index is 2.55. The summed E-state index contributed by atoms with van der Waals surface area (Å²) < 4.78 is 13.6. The van der Waals surface area contributed by atoms with Gasteiger partial charge in [-0.1, -0.05) is 29.3 Å². The Morgan fingerprint density at radius 3 is 2.53 bits per heavy atom. The van der Waals surface area contributed by atoms with Crippen molar-refractivity contribution in [3.05, 3.63) is 51.9 Å². The van der Waals surface area contributed by atoms with Crippen LogP contribution in [0.2, 0.25) is 10.0 Å². The Morgan fingerprint density at radius 1 is 1.12 bits per heavy atom. The number of hydrogen-bond acceptors (Lipinski definition) is 2. The largest absolute Gasteiger partial charge is 0.390 e. The van der Waals surface area contributed by atoms with E-state index in [0.29, 0.717) is 21.3 Å². The fraction of sp³-hybridized carbons (Fsp3) is 0.0833. The molecule has 88 valence electrons. The molecule has 0 atom stereocenters. The molecule has 1 aromatic carbocycles. The molecule has 0 unspecified atom stereocenters. The quantitative estimate of drug-likeness (QED) is 0.904. The molecule has 0 fully saturated rings. The van der Waals surface area contributed by atoms with Crippen molar-refractivity contribution in [3.63, 3.8) is 0 Å². The number of hydrogen-bond donors (Lipinski definition) is 1. The number of benzene rings is 1. The highest BCUT2D eigenvalue weighted by Crippen LogP contribution is 2.28. The van der Waals surface area contributed by atoms with Crippen molar-refractivity contribution < 1.29 is 9.50 Å². The second-order valence-electron chi connectivity index (χ2n) is 3.42. The summed E-state index contributed by atoms with van der Waals surface area (Å²) in [7, 11) is 0. The molecular weight excluding hydrogens is 264 g/mol. The number of aliphatic hydroxyl groups excluding tert-OH is 1. The van der Waals surface area contributed by atoms with Crippen LogP contribution in [0.1, 0.15) is 5.69 Å². The summed E-state index contributed by atoms with van der Waals surface area (Å²) in [5.74, 6) is -0.472. The fourth-order valence-corrected chi connectivity index (χ4v) is 1.71. The smallest absolute Gasteiger partial charge is 0.149 e. The topological polar surface area (TPSA) is 33.1 Å². The molecule has 0 bridgehead atoms. The Morgan fingerprint density at radius 2 is 1.88 bits per heavy atom. The maximum Gasteiger partial charge on any atom is 0.149 e. The zero-order valence-corrected chi connectivity index (χ0v) is 10.1. The van der Waals surface area contributed by atoms with Gasteiger partial charge < -0.3 is 5.11 Å². The van der Waals surface area contributed by atoms with Crippen LogP contribution in [-0.4, -0.2) is 10.1 Å². The van der Waals surface area contributed by atoms with E-state index in [1.165, 1.54) is 18.2 Å². The van der Waals surface area contributed by atoms with Crippen LogP contribution in [0.15, 0.2) is 30.3 Å². The zero-order valence-electron chi connectivity index (χ0n) is 8.62. The maximum atomic E-state index is 13.6. The predicted molar refractivity (Wildman–Crippen MR) is 65.6 cm³/mol. The molecule has 17 heavy (non-hydrogen) atoms. The van der Waals surface area contributed by atoms with Crippen LogP contribution < -0.4 is 0 Å². The molecule has 2 rings (SSSR count). The molecule has 0 amide bonds. The van der Waals surface area contributed by atoms with E-state index in [4.69, 9.17) is 28.3 Å². The van der Waals surface area contributed by atoms with Crippen molar-refractivity contribution >= 4 is 23.2 Å². The van der Waals surface area contributed by atoms with E-state index in [2.05, 4.69) is 4.98 Å². The third kappa shape index (κ3) is 2.57. The van der Waals surface area contributed by atoms with Crippen LogP contribution in [-0.2, 0) is 6.61 Å². The predicted octanol–water partition coefficient (Wildman–Crippen LogP) is 3.69. The molecule has 0 spiro atoms. The minimum Gasteiger partial charge on any atom is -0.390 e. The van der Waals surface area contributed by atoms with Crippen molar-refractivity contribution in [2.24, 2.45) is 0 Å². The Labute approximate surface area is 108 Å².